The molecule has 1 aromatic rings. The first-order chi connectivity index (χ1) is 16.2. The van der Waals surface area contributed by atoms with Gasteiger partial charge >= 0.3 is 0 Å². The zero-order valence-corrected chi connectivity index (χ0v) is 21.7. The molecule has 3 fully saturated rings. The summed E-state index contributed by atoms with van der Waals surface area (Å²) in [7, 11) is -1.58. The summed E-state index contributed by atoms with van der Waals surface area (Å²) in [4.78, 5) is 34.2. The Bertz CT molecular complexity index is 976. The minimum absolute atomic E-state index is 0.185. The zero-order chi connectivity index (χ0) is 24.3. The van der Waals surface area contributed by atoms with Gasteiger partial charge in [0.25, 0.3) is 0 Å². The molecule has 0 radical (unpaired) electrons. The largest absolute Gasteiger partial charge is 0.381 e. The monoisotopic (exact) mass is 533 g/mol. The molecule has 3 aliphatic heterocycles. The van der Waals surface area contributed by atoms with E-state index in [1.807, 2.05) is 7.05 Å². The Morgan fingerprint density at radius 3 is 2.56 bits per heavy atom. The summed E-state index contributed by atoms with van der Waals surface area (Å²) in [6.07, 6.45) is 4.75. The van der Waals surface area contributed by atoms with Gasteiger partial charge in [0, 0.05) is 26.3 Å². The number of nitrogens with one attached hydrogen (secondary N) is 1. The van der Waals surface area contributed by atoms with Crippen LogP contribution in [-0.2, 0) is 24.3 Å². The highest BCUT2D eigenvalue weighted by molar-refractivity contribution is 7.89. The molecular weight excluding hydrogens is 502 g/mol. The Balaban J connectivity index is 1.45. The van der Waals surface area contributed by atoms with Gasteiger partial charge in [-0.3, -0.25) is 9.59 Å². The molecule has 1 aromatic heterocycles. The maximum atomic E-state index is 13.2. The summed E-state index contributed by atoms with van der Waals surface area (Å²) in [5.41, 5.74) is 0. The third kappa shape index (κ3) is 6.08. The molecular formula is C21H32ClN5O5S2. The summed E-state index contributed by atoms with van der Waals surface area (Å²) < 4.78 is 33.6. The van der Waals surface area contributed by atoms with Crippen molar-refractivity contribution >= 4 is 49.9 Å². The SMILES string of the molecule is CN1CCC(S(=O)(=O)N2CCN([C@H](CC3CCOCC3)C(=O)Nc3ncc(Cl)s3)C(=O)C2)CC1. The van der Waals surface area contributed by atoms with E-state index < -0.39 is 21.3 Å². The Morgan fingerprint density at radius 1 is 1.24 bits per heavy atom. The molecule has 10 nitrogen and oxygen atoms in total. The zero-order valence-electron chi connectivity index (χ0n) is 19.3. The fourth-order valence-corrected chi connectivity index (χ4v) is 7.55. The maximum absolute atomic E-state index is 13.2. The molecule has 34 heavy (non-hydrogen) atoms. The average Bonchev–Trinajstić information content (AvgIpc) is 3.23. The quantitative estimate of drug-likeness (QED) is 0.565. The van der Waals surface area contributed by atoms with Crippen molar-refractivity contribution in [1.29, 1.82) is 0 Å². The highest BCUT2D eigenvalue weighted by Crippen LogP contribution is 2.28. The van der Waals surface area contributed by atoms with Crippen LogP contribution in [0.5, 0.6) is 0 Å². The van der Waals surface area contributed by atoms with Crippen LogP contribution in [0.25, 0.3) is 0 Å². The second-order valence-corrected chi connectivity index (χ2v) is 13.1. The number of ether oxygens (including phenoxy) is 1. The molecule has 0 unspecified atom stereocenters. The van der Waals surface area contributed by atoms with Crippen molar-refractivity contribution in [3.63, 3.8) is 0 Å². The smallest absolute Gasteiger partial charge is 0.248 e. The third-order valence-electron chi connectivity index (χ3n) is 6.95. The molecule has 0 aromatic carbocycles. The molecule has 13 heteroatoms. The van der Waals surface area contributed by atoms with Crippen LogP contribution in [0.1, 0.15) is 32.1 Å². The number of halogens is 1. The highest BCUT2D eigenvalue weighted by atomic mass is 35.5. The lowest BCUT2D eigenvalue weighted by atomic mass is 9.91. The predicted molar refractivity (Wildman–Crippen MR) is 130 cm³/mol. The molecule has 4 rings (SSSR count). The highest BCUT2D eigenvalue weighted by Gasteiger charge is 2.41. The second-order valence-electron chi connectivity index (χ2n) is 9.23. The number of hydrogen-bond donors (Lipinski definition) is 1. The van der Waals surface area contributed by atoms with Crippen LogP contribution in [-0.4, -0.2) is 104 Å². The van der Waals surface area contributed by atoms with Gasteiger partial charge in [0.15, 0.2) is 5.13 Å². The molecule has 0 saturated carbocycles. The van der Waals surface area contributed by atoms with Crippen LogP contribution in [0.15, 0.2) is 6.20 Å². The van der Waals surface area contributed by atoms with E-state index in [2.05, 4.69) is 15.2 Å². The van der Waals surface area contributed by atoms with Gasteiger partial charge in [-0.15, -0.1) is 0 Å². The van der Waals surface area contributed by atoms with E-state index in [9.17, 15) is 18.0 Å². The molecule has 4 heterocycles. The number of piperazine rings is 1. The normalized spacial score (nSPS) is 23.2. The van der Waals surface area contributed by atoms with Gasteiger partial charge in [0.05, 0.1) is 18.0 Å². The maximum Gasteiger partial charge on any atom is 0.248 e. The fraction of sp³-hybridized carbons (Fsp3) is 0.762. The molecule has 190 valence electrons. The number of amides is 2. The van der Waals surface area contributed by atoms with Crippen molar-refractivity contribution in [3.05, 3.63) is 10.5 Å². The van der Waals surface area contributed by atoms with Crippen LogP contribution in [0.2, 0.25) is 4.34 Å². The lowest BCUT2D eigenvalue weighted by molar-refractivity contribution is -0.142. The molecule has 1 atom stereocenters. The number of carbonyl (C=O) groups is 2. The number of carbonyl (C=O) groups excluding carboxylic acids is 2. The number of thiazole rings is 1. The van der Waals surface area contributed by atoms with E-state index in [-0.39, 0.29) is 37.4 Å². The van der Waals surface area contributed by atoms with Crippen LogP contribution in [0, 0.1) is 5.92 Å². The third-order valence-corrected chi connectivity index (χ3v) is 10.3. The van der Waals surface area contributed by atoms with E-state index in [4.69, 9.17) is 16.3 Å². The molecule has 3 saturated heterocycles. The molecule has 0 spiro atoms. The van der Waals surface area contributed by atoms with Crippen LogP contribution in [0.4, 0.5) is 5.13 Å². The summed E-state index contributed by atoms with van der Waals surface area (Å²) in [6.45, 7) is 2.88. The van der Waals surface area contributed by atoms with Crippen molar-refractivity contribution in [2.75, 3.05) is 58.3 Å². The molecule has 3 aliphatic rings. The Morgan fingerprint density at radius 2 is 1.94 bits per heavy atom. The van der Waals surface area contributed by atoms with Crippen molar-refractivity contribution in [3.8, 4) is 0 Å². The van der Waals surface area contributed by atoms with Crippen LogP contribution < -0.4 is 5.32 Å². The van der Waals surface area contributed by atoms with Gasteiger partial charge in [-0.05, 0) is 58.2 Å². The molecule has 0 bridgehead atoms. The van der Waals surface area contributed by atoms with Crippen molar-refractivity contribution in [2.45, 2.75) is 43.4 Å². The Hall–Kier alpha value is -1.31. The average molecular weight is 534 g/mol. The first-order valence-electron chi connectivity index (χ1n) is 11.7. The van der Waals surface area contributed by atoms with Gasteiger partial charge in [0.2, 0.25) is 21.8 Å². The van der Waals surface area contributed by atoms with Crippen molar-refractivity contribution in [2.24, 2.45) is 5.92 Å². The number of aromatic nitrogens is 1. The van der Waals surface area contributed by atoms with Gasteiger partial charge in [0.1, 0.15) is 10.4 Å². The molecule has 1 N–H and O–H groups in total. The first kappa shape index (κ1) is 25.8. The van der Waals surface area contributed by atoms with Gasteiger partial charge < -0.3 is 19.9 Å². The van der Waals surface area contributed by atoms with E-state index >= 15 is 0 Å². The standard InChI is InChI=1S/C21H32ClN5O5S2/c1-25-6-2-16(3-7-25)34(30,31)26-8-9-27(19(28)14-26)17(12-15-4-10-32-11-5-15)20(29)24-21-23-13-18(22)33-21/h13,15-17H,2-12,14H2,1H3,(H,23,24,29)/t17-/m1/s1. The van der Waals surface area contributed by atoms with Gasteiger partial charge in [-0.2, -0.15) is 4.31 Å². The summed E-state index contributed by atoms with van der Waals surface area (Å²) >= 11 is 7.10. The van der Waals surface area contributed by atoms with Crippen molar-refractivity contribution in [1.82, 2.24) is 19.1 Å². The van der Waals surface area contributed by atoms with Crippen molar-refractivity contribution < 1.29 is 22.7 Å². The predicted octanol–water partition coefficient (Wildman–Crippen LogP) is 1.49. The number of nitrogens with zero attached hydrogens (tertiary/aromatic N) is 4. The van der Waals surface area contributed by atoms with Crippen LogP contribution in [0.3, 0.4) is 0 Å². The minimum atomic E-state index is -3.56. The second kappa shape index (κ2) is 11.2. The van der Waals surface area contributed by atoms with E-state index in [0.29, 0.717) is 41.9 Å². The molecule has 2 amide bonds. The minimum Gasteiger partial charge on any atom is -0.381 e. The Labute approximate surface area is 209 Å². The van der Waals surface area contributed by atoms with E-state index in [1.54, 1.807) is 4.90 Å². The number of piperidine rings is 1. The number of rotatable bonds is 7. The Kier molecular flexibility index (Phi) is 8.47. The number of hydrogen-bond acceptors (Lipinski definition) is 8. The van der Waals surface area contributed by atoms with E-state index in [0.717, 1.165) is 37.3 Å². The first-order valence-corrected chi connectivity index (χ1v) is 14.4. The summed E-state index contributed by atoms with van der Waals surface area (Å²) in [6, 6.07) is -0.702. The summed E-state index contributed by atoms with van der Waals surface area (Å²) in [5.74, 6) is -0.414. The van der Waals surface area contributed by atoms with E-state index in [1.165, 1.54) is 10.5 Å². The topological polar surface area (TPSA) is 112 Å². The fourth-order valence-electron chi connectivity index (χ4n) is 4.88. The van der Waals surface area contributed by atoms with Gasteiger partial charge in [-0.1, -0.05) is 22.9 Å². The number of likely N-dealkylation sites (tertiary alicyclic amines) is 1. The molecule has 0 aliphatic carbocycles. The number of anilines is 1. The lowest BCUT2D eigenvalue weighted by Gasteiger charge is -2.40. The lowest BCUT2D eigenvalue weighted by Crippen LogP contribution is -2.59. The summed E-state index contributed by atoms with van der Waals surface area (Å²) in [5, 5.41) is 2.71. The van der Waals surface area contributed by atoms with Crippen LogP contribution >= 0.6 is 22.9 Å². The number of sulfonamides is 1. The van der Waals surface area contributed by atoms with Gasteiger partial charge in [-0.25, -0.2) is 13.4 Å².